The van der Waals surface area contributed by atoms with Crippen LogP contribution >= 0.6 is 34.8 Å². The predicted molar refractivity (Wildman–Crippen MR) is 187 cm³/mol. The normalized spacial score (nSPS) is 20.4. The molecule has 0 saturated carbocycles. The van der Waals surface area contributed by atoms with Crippen LogP contribution in [0.3, 0.4) is 0 Å². The second-order valence-corrected chi connectivity index (χ2v) is 13.1. The third-order valence-corrected chi connectivity index (χ3v) is 7.90. The molecule has 0 bridgehead atoms. The van der Waals surface area contributed by atoms with Gasteiger partial charge in [-0.2, -0.15) is 0 Å². The number of halogens is 3. The summed E-state index contributed by atoms with van der Waals surface area (Å²) in [6, 6.07) is 31.9. The minimum atomic E-state index is -2.23. The quantitative estimate of drug-likeness (QED) is 0.0569. The van der Waals surface area contributed by atoms with E-state index in [4.69, 9.17) is 63.2 Å². The molecular formula is C37H30Cl3NO10. The molecule has 1 fully saturated rings. The van der Waals surface area contributed by atoms with Gasteiger partial charge in [0.05, 0.1) is 22.3 Å². The number of hydrogen-bond donors (Lipinski definition) is 0. The predicted octanol–water partition coefficient (Wildman–Crippen LogP) is 6.66. The van der Waals surface area contributed by atoms with Gasteiger partial charge in [-0.15, -0.1) is 0 Å². The first-order valence-corrected chi connectivity index (χ1v) is 16.5. The molecule has 5 atom stereocenters. The molecule has 14 heteroatoms. The van der Waals surface area contributed by atoms with Gasteiger partial charge in [0, 0.05) is 7.05 Å². The summed E-state index contributed by atoms with van der Waals surface area (Å²) in [5.41, 5.74) is 0.592. The Hall–Kier alpha value is -4.94. The van der Waals surface area contributed by atoms with Crippen molar-refractivity contribution >= 4 is 64.6 Å². The first-order chi connectivity index (χ1) is 24.5. The van der Waals surface area contributed by atoms with E-state index in [0.29, 0.717) is 0 Å². The summed E-state index contributed by atoms with van der Waals surface area (Å²) in [5, 5.41) is 0. The lowest BCUT2D eigenvalue weighted by Gasteiger charge is -2.44. The molecule has 11 nitrogen and oxygen atoms in total. The number of carbonyl (C=O) groups is 4. The van der Waals surface area contributed by atoms with Crippen LogP contribution in [-0.2, 0) is 28.4 Å². The summed E-state index contributed by atoms with van der Waals surface area (Å²) in [5.74, 6) is -3.84. The van der Waals surface area contributed by atoms with Gasteiger partial charge in [0.25, 0.3) is 3.79 Å². The lowest BCUT2D eigenvalue weighted by Crippen LogP contribution is -2.63. The molecule has 1 aliphatic rings. The van der Waals surface area contributed by atoms with E-state index in [2.05, 4.69) is 4.99 Å². The maximum Gasteiger partial charge on any atom is 0.338 e. The van der Waals surface area contributed by atoms with Crippen molar-refractivity contribution in [3.63, 3.8) is 0 Å². The third kappa shape index (κ3) is 9.86. The van der Waals surface area contributed by atoms with Gasteiger partial charge in [-0.05, 0) is 48.5 Å². The maximum atomic E-state index is 13.7. The van der Waals surface area contributed by atoms with Gasteiger partial charge in [0.15, 0.2) is 12.2 Å². The summed E-state index contributed by atoms with van der Waals surface area (Å²) in [4.78, 5) is 57.7. The lowest BCUT2D eigenvalue weighted by molar-refractivity contribution is -0.279. The molecule has 0 aliphatic carbocycles. The molecule has 0 spiro atoms. The van der Waals surface area contributed by atoms with Crippen LogP contribution in [0.5, 0.6) is 0 Å². The van der Waals surface area contributed by atoms with E-state index in [1.54, 1.807) is 72.8 Å². The monoisotopic (exact) mass is 753 g/mol. The number of benzene rings is 4. The number of nitrogens with zero attached hydrogens (tertiary/aromatic N) is 1. The van der Waals surface area contributed by atoms with Gasteiger partial charge >= 0.3 is 23.9 Å². The number of aliphatic imine (C=N–C) groups is 1. The Morgan fingerprint density at radius 1 is 0.569 bits per heavy atom. The smallest absolute Gasteiger partial charge is 0.338 e. The van der Waals surface area contributed by atoms with Gasteiger partial charge in [0.1, 0.15) is 12.7 Å². The van der Waals surface area contributed by atoms with Crippen molar-refractivity contribution in [1.29, 1.82) is 0 Å². The maximum absolute atomic E-state index is 13.7. The first-order valence-electron chi connectivity index (χ1n) is 15.4. The minimum absolute atomic E-state index is 0.117. The van der Waals surface area contributed by atoms with Crippen LogP contribution in [0.2, 0.25) is 0 Å². The fourth-order valence-corrected chi connectivity index (χ4v) is 5.37. The molecule has 0 N–H and O–H groups in total. The summed E-state index contributed by atoms with van der Waals surface area (Å²) < 4.78 is 33.3. The molecule has 0 amide bonds. The number of hydrogen-bond acceptors (Lipinski definition) is 11. The second-order valence-electron chi connectivity index (χ2n) is 10.9. The van der Waals surface area contributed by atoms with Crippen molar-refractivity contribution in [3.05, 3.63) is 144 Å². The number of rotatable bonds is 10. The van der Waals surface area contributed by atoms with E-state index in [1.165, 1.54) is 55.6 Å². The van der Waals surface area contributed by atoms with E-state index in [9.17, 15) is 19.2 Å². The highest BCUT2D eigenvalue weighted by molar-refractivity contribution is 6.76. The zero-order chi connectivity index (χ0) is 36.4. The average Bonchev–Trinajstić information content (AvgIpc) is 3.15. The fourth-order valence-electron chi connectivity index (χ4n) is 4.98. The Morgan fingerprint density at radius 2 is 0.941 bits per heavy atom. The molecule has 0 aromatic heterocycles. The molecule has 1 aliphatic heterocycles. The Morgan fingerprint density at radius 3 is 1.33 bits per heavy atom. The Balaban J connectivity index is 1.59. The summed E-state index contributed by atoms with van der Waals surface area (Å²) in [6.45, 7) is -0.564. The molecule has 264 valence electrons. The van der Waals surface area contributed by atoms with Crippen molar-refractivity contribution in [3.8, 4) is 0 Å². The molecule has 51 heavy (non-hydrogen) atoms. The topological polar surface area (TPSA) is 136 Å². The zero-order valence-electron chi connectivity index (χ0n) is 26.8. The first kappa shape index (κ1) is 37.3. The number of ether oxygens (including phenoxy) is 6. The van der Waals surface area contributed by atoms with Gasteiger partial charge in [-0.3, -0.25) is 4.99 Å². The average molecular weight is 755 g/mol. The molecule has 1 saturated heterocycles. The van der Waals surface area contributed by atoms with Gasteiger partial charge in [-0.25, -0.2) is 19.2 Å². The fraction of sp³-hybridized carbons (Fsp3) is 0.216. The van der Waals surface area contributed by atoms with Crippen LogP contribution in [0.1, 0.15) is 41.4 Å². The largest absolute Gasteiger partial charge is 0.459 e. The number of alkyl halides is 3. The van der Waals surface area contributed by atoms with Gasteiger partial charge in [0.2, 0.25) is 18.3 Å². The van der Waals surface area contributed by atoms with E-state index < -0.39 is 70.9 Å². The lowest BCUT2D eigenvalue weighted by atomic mass is 9.97. The Labute approximate surface area is 307 Å². The molecule has 4 aromatic carbocycles. The summed E-state index contributed by atoms with van der Waals surface area (Å²) in [6.07, 6.45) is -8.07. The second kappa shape index (κ2) is 17.3. The molecule has 0 radical (unpaired) electrons. The molecule has 4 aromatic rings. The minimum Gasteiger partial charge on any atom is -0.459 e. The number of esters is 4. The van der Waals surface area contributed by atoms with Crippen molar-refractivity contribution in [2.45, 2.75) is 34.5 Å². The molecule has 1 heterocycles. The standard InChI is InChI=1S/C37H30Cl3NO10/c1-41-36(37(38,39)40)51-35-30(50-34(45)26-20-12-5-13-21-26)29(49-33(44)25-18-10-4-11-19-25)28(48-32(43)24-16-8-3-9-17-24)27(47-35)22-46-31(42)23-14-6-2-7-15-23/h2-21,27-30,35H,22H2,1H3. The van der Waals surface area contributed by atoms with Crippen molar-refractivity contribution in [2.75, 3.05) is 13.7 Å². The highest BCUT2D eigenvalue weighted by Crippen LogP contribution is 2.35. The highest BCUT2D eigenvalue weighted by atomic mass is 35.6. The van der Waals surface area contributed by atoms with Crippen molar-refractivity contribution < 1.29 is 47.6 Å². The SMILES string of the molecule is CN=C(OC1OC(COC(=O)c2ccccc2)C(OC(=O)c2ccccc2)C(OC(=O)c2ccccc2)C1OC(=O)c1ccccc1)C(Cl)(Cl)Cl. The summed E-state index contributed by atoms with van der Waals surface area (Å²) >= 11 is 18.4. The van der Waals surface area contributed by atoms with Gasteiger partial charge in [-0.1, -0.05) is 108 Å². The van der Waals surface area contributed by atoms with E-state index in [1.807, 2.05) is 0 Å². The molecule has 5 rings (SSSR count). The Bertz CT molecular complexity index is 1820. The van der Waals surface area contributed by atoms with Crippen molar-refractivity contribution in [2.24, 2.45) is 4.99 Å². The van der Waals surface area contributed by atoms with Crippen LogP contribution in [-0.4, -0.2) is 77.9 Å². The van der Waals surface area contributed by atoms with Crippen LogP contribution in [0.15, 0.2) is 126 Å². The molecular weight excluding hydrogens is 725 g/mol. The van der Waals surface area contributed by atoms with Gasteiger partial charge < -0.3 is 28.4 Å². The van der Waals surface area contributed by atoms with Crippen molar-refractivity contribution in [1.82, 2.24) is 0 Å². The number of carbonyl (C=O) groups excluding carboxylic acids is 4. The zero-order valence-corrected chi connectivity index (χ0v) is 29.1. The summed E-state index contributed by atoms with van der Waals surface area (Å²) in [7, 11) is 1.28. The van der Waals surface area contributed by atoms with Crippen LogP contribution < -0.4 is 0 Å². The third-order valence-electron chi connectivity index (χ3n) is 7.41. The van der Waals surface area contributed by atoms with Crippen LogP contribution in [0.25, 0.3) is 0 Å². The van der Waals surface area contributed by atoms with E-state index in [-0.39, 0.29) is 22.3 Å². The Kier molecular flexibility index (Phi) is 12.7. The molecule has 5 unspecified atom stereocenters. The highest BCUT2D eigenvalue weighted by Gasteiger charge is 2.55. The van der Waals surface area contributed by atoms with Crippen LogP contribution in [0.4, 0.5) is 0 Å². The van der Waals surface area contributed by atoms with E-state index in [0.717, 1.165) is 0 Å². The van der Waals surface area contributed by atoms with Crippen LogP contribution in [0, 0.1) is 0 Å². The van der Waals surface area contributed by atoms with E-state index >= 15 is 0 Å².